The molecule has 30 heavy (non-hydrogen) atoms. The van der Waals surface area contributed by atoms with E-state index in [1.165, 1.54) is 0 Å². The van der Waals surface area contributed by atoms with Crippen molar-refractivity contribution in [2.24, 2.45) is 0 Å². The number of nitrogens with zero attached hydrogens (tertiary/aromatic N) is 4. The van der Waals surface area contributed by atoms with E-state index in [0.717, 1.165) is 35.0 Å². The van der Waals surface area contributed by atoms with Gasteiger partial charge in [-0.2, -0.15) is 5.10 Å². The Morgan fingerprint density at radius 1 is 1.23 bits per heavy atom. The molecule has 7 heteroatoms. The number of ether oxygens (including phenoxy) is 1. The van der Waals surface area contributed by atoms with Gasteiger partial charge in [0.05, 0.1) is 18.0 Å². The molecule has 0 unspecified atom stereocenters. The summed E-state index contributed by atoms with van der Waals surface area (Å²) in [5, 5.41) is 5.21. The molecule has 0 amide bonds. The molecule has 6 nitrogen and oxygen atoms in total. The molecule has 158 valence electrons. The van der Waals surface area contributed by atoms with Gasteiger partial charge < -0.3 is 9.64 Å². The van der Waals surface area contributed by atoms with E-state index >= 15 is 0 Å². The Balaban J connectivity index is 1.59. The number of halogens is 1. The number of anilines is 1. The first kappa shape index (κ1) is 22.0. The van der Waals surface area contributed by atoms with Gasteiger partial charge >= 0.3 is 0 Å². The molecule has 0 aliphatic carbocycles. The second-order valence-corrected chi connectivity index (χ2v) is 7.76. The lowest BCUT2D eigenvalue weighted by Gasteiger charge is -2.17. The number of benzene rings is 1. The fourth-order valence-electron chi connectivity index (χ4n) is 3.24. The molecule has 2 aromatic heterocycles. The van der Waals surface area contributed by atoms with Crippen molar-refractivity contribution in [3.05, 3.63) is 70.6 Å². The van der Waals surface area contributed by atoms with Crippen molar-refractivity contribution in [3.63, 3.8) is 0 Å². The van der Waals surface area contributed by atoms with Crippen molar-refractivity contribution in [1.82, 2.24) is 14.8 Å². The minimum Gasteiger partial charge on any atom is -0.383 e. The fraction of sp³-hybridized carbons (Fsp3) is 0.348. The smallest absolute Gasteiger partial charge is 0.137 e. The van der Waals surface area contributed by atoms with E-state index < -0.39 is 0 Å². The third kappa shape index (κ3) is 5.90. The lowest BCUT2D eigenvalue weighted by Crippen LogP contribution is -2.23. The van der Waals surface area contributed by atoms with Crippen LogP contribution in [0.4, 0.5) is 5.82 Å². The van der Waals surface area contributed by atoms with E-state index in [1.807, 2.05) is 66.0 Å². The average molecular weight is 427 g/mol. The molecule has 0 atom stereocenters. The van der Waals surface area contributed by atoms with Crippen molar-refractivity contribution in [3.8, 4) is 5.69 Å². The van der Waals surface area contributed by atoms with Crippen molar-refractivity contribution < 1.29 is 9.53 Å². The number of Topliss-reactive ketones (excluding diaryl/α,β-unsaturated/α-hetero) is 1. The van der Waals surface area contributed by atoms with Gasteiger partial charge in [0.2, 0.25) is 0 Å². The van der Waals surface area contributed by atoms with Crippen LogP contribution < -0.4 is 4.90 Å². The Bertz CT molecular complexity index is 985. The summed E-state index contributed by atoms with van der Waals surface area (Å²) in [6.07, 6.45) is 3.22. The summed E-state index contributed by atoms with van der Waals surface area (Å²) in [5.41, 5.74) is 3.73. The fourth-order valence-corrected chi connectivity index (χ4v) is 3.42. The summed E-state index contributed by atoms with van der Waals surface area (Å²) in [6, 6.07) is 13.5. The van der Waals surface area contributed by atoms with Gasteiger partial charge in [0, 0.05) is 50.5 Å². The van der Waals surface area contributed by atoms with E-state index in [1.54, 1.807) is 13.3 Å². The molecule has 0 N–H and O–H groups in total. The topological polar surface area (TPSA) is 60.2 Å². The number of carbonyl (C=O) groups is 1. The first-order valence-corrected chi connectivity index (χ1v) is 10.3. The minimum absolute atomic E-state index is 0.175. The lowest BCUT2D eigenvalue weighted by atomic mass is 10.1. The highest BCUT2D eigenvalue weighted by molar-refractivity contribution is 6.30. The largest absolute Gasteiger partial charge is 0.383 e. The molecule has 0 radical (unpaired) electrons. The Hall–Kier alpha value is -2.70. The summed E-state index contributed by atoms with van der Waals surface area (Å²) in [7, 11) is 3.65. The van der Waals surface area contributed by atoms with E-state index in [4.69, 9.17) is 16.3 Å². The third-order valence-corrected chi connectivity index (χ3v) is 5.09. The number of pyridine rings is 1. The Morgan fingerprint density at radius 2 is 2.07 bits per heavy atom. The van der Waals surface area contributed by atoms with Gasteiger partial charge in [-0.25, -0.2) is 9.67 Å². The Kier molecular flexibility index (Phi) is 7.60. The highest BCUT2D eigenvalue weighted by Gasteiger charge is 2.12. The van der Waals surface area contributed by atoms with E-state index in [2.05, 4.69) is 10.1 Å². The highest BCUT2D eigenvalue weighted by atomic mass is 35.5. The summed E-state index contributed by atoms with van der Waals surface area (Å²) in [6.45, 7) is 3.36. The summed E-state index contributed by atoms with van der Waals surface area (Å²) < 4.78 is 6.95. The zero-order valence-corrected chi connectivity index (χ0v) is 18.4. The molecular weight excluding hydrogens is 400 g/mol. The first-order valence-electron chi connectivity index (χ1n) is 9.94. The summed E-state index contributed by atoms with van der Waals surface area (Å²) in [5.74, 6) is 1.04. The van der Waals surface area contributed by atoms with Crippen LogP contribution in [0.2, 0.25) is 5.02 Å². The molecule has 2 heterocycles. The zero-order chi connectivity index (χ0) is 21.5. The highest BCUT2D eigenvalue weighted by Crippen LogP contribution is 2.18. The number of methoxy groups -OCH3 is 1. The van der Waals surface area contributed by atoms with Crippen molar-refractivity contribution in [2.75, 3.05) is 32.2 Å². The third-order valence-electron chi connectivity index (χ3n) is 4.85. The standard InChI is InChI=1S/C23H27ClN4O2/c1-17-13-21(28(26-17)20-6-4-5-19(24)15-20)8-9-22(29)14-18-7-10-23(25-16-18)27(2)11-12-30-3/h4-7,10,13,15-16H,8-9,11-12,14H2,1-3H3. The molecular formula is C23H27ClN4O2. The first-order chi connectivity index (χ1) is 14.5. The summed E-state index contributed by atoms with van der Waals surface area (Å²) in [4.78, 5) is 19.0. The number of aromatic nitrogens is 3. The van der Waals surface area contributed by atoms with E-state index in [0.29, 0.717) is 30.9 Å². The number of ketones is 1. The number of hydrogen-bond acceptors (Lipinski definition) is 5. The van der Waals surface area contributed by atoms with Crippen LogP contribution >= 0.6 is 11.6 Å². The second-order valence-electron chi connectivity index (χ2n) is 7.32. The normalized spacial score (nSPS) is 10.9. The Labute approximate surface area is 182 Å². The van der Waals surface area contributed by atoms with Crippen LogP contribution in [-0.2, 0) is 22.4 Å². The molecule has 0 aliphatic heterocycles. The number of hydrogen-bond donors (Lipinski definition) is 0. The number of likely N-dealkylation sites (N-methyl/N-ethyl adjacent to an activating group) is 1. The van der Waals surface area contributed by atoms with Gasteiger partial charge in [0.1, 0.15) is 11.6 Å². The second kappa shape index (κ2) is 10.4. The van der Waals surface area contributed by atoms with Crippen LogP contribution in [0.3, 0.4) is 0 Å². The SMILES string of the molecule is COCCN(C)c1ccc(CC(=O)CCc2cc(C)nn2-c2cccc(Cl)c2)cn1. The maximum atomic E-state index is 12.5. The Morgan fingerprint density at radius 3 is 2.77 bits per heavy atom. The predicted molar refractivity (Wildman–Crippen MR) is 120 cm³/mol. The van der Waals surface area contributed by atoms with Crippen molar-refractivity contribution in [1.29, 1.82) is 0 Å². The quantitative estimate of drug-likeness (QED) is 0.489. The van der Waals surface area contributed by atoms with Crippen LogP contribution in [0.5, 0.6) is 0 Å². The van der Waals surface area contributed by atoms with Crippen LogP contribution in [0, 0.1) is 6.92 Å². The number of rotatable bonds is 10. The average Bonchev–Trinajstić information content (AvgIpc) is 3.11. The zero-order valence-electron chi connectivity index (χ0n) is 17.6. The van der Waals surface area contributed by atoms with Crippen molar-refractivity contribution >= 4 is 23.2 Å². The van der Waals surface area contributed by atoms with Gasteiger partial charge in [-0.15, -0.1) is 0 Å². The molecule has 0 fully saturated rings. The molecule has 1 aromatic carbocycles. The van der Waals surface area contributed by atoms with E-state index in [-0.39, 0.29) is 5.78 Å². The molecule has 0 saturated heterocycles. The van der Waals surface area contributed by atoms with Gasteiger partial charge in [0.15, 0.2) is 0 Å². The molecule has 0 spiro atoms. The van der Waals surface area contributed by atoms with Gasteiger partial charge in [-0.3, -0.25) is 4.79 Å². The van der Waals surface area contributed by atoms with E-state index in [9.17, 15) is 4.79 Å². The molecule has 3 rings (SSSR count). The monoisotopic (exact) mass is 426 g/mol. The van der Waals surface area contributed by atoms with Crippen LogP contribution in [0.1, 0.15) is 23.4 Å². The summed E-state index contributed by atoms with van der Waals surface area (Å²) >= 11 is 6.12. The number of carbonyl (C=O) groups excluding carboxylic acids is 1. The minimum atomic E-state index is 0.175. The van der Waals surface area contributed by atoms with Crippen LogP contribution in [0.15, 0.2) is 48.7 Å². The maximum absolute atomic E-state index is 12.5. The molecule has 3 aromatic rings. The number of aryl methyl sites for hydroxylation is 2. The van der Waals surface area contributed by atoms with Gasteiger partial charge in [-0.05, 0) is 49.2 Å². The van der Waals surface area contributed by atoms with Crippen LogP contribution in [0.25, 0.3) is 5.69 Å². The van der Waals surface area contributed by atoms with Crippen LogP contribution in [-0.4, -0.2) is 47.9 Å². The predicted octanol–water partition coefficient (Wildman–Crippen LogP) is 4.06. The van der Waals surface area contributed by atoms with Gasteiger partial charge in [-0.1, -0.05) is 23.7 Å². The van der Waals surface area contributed by atoms with Crippen molar-refractivity contribution in [2.45, 2.75) is 26.2 Å². The molecule has 0 bridgehead atoms. The molecule has 0 aliphatic rings. The van der Waals surface area contributed by atoms with Gasteiger partial charge in [0.25, 0.3) is 0 Å². The lowest BCUT2D eigenvalue weighted by molar-refractivity contribution is -0.118. The maximum Gasteiger partial charge on any atom is 0.137 e. The molecule has 0 saturated carbocycles.